The Balaban J connectivity index is 1.26. The number of hydrogen-bond acceptors (Lipinski definition) is 1. The second kappa shape index (κ2) is 12.7. The molecule has 0 saturated carbocycles. The Morgan fingerprint density at radius 2 is 0.783 bits per heavy atom. The monoisotopic (exact) mass is 594 g/mol. The number of rotatable bonds is 8. The Morgan fingerprint density at radius 3 is 1.26 bits per heavy atom. The van der Waals surface area contributed by atoms with E-state index in [4.69, 9.17) is 4.74 Å². The Labute approximate surface area is 271 Å². The van der Waals surface area contributed by atoms with Crippen molar-refractivity contribution in [3.63, 3.8) is 0 Å². The van der Waals surface area contributed by atoms with Gasteiger partial charge in [-0.2, -0.15) is 4.57 Å². The quantitative estimate of drug-likeness (QED) is 0.160. The number of benzene rings is 6. The summed E-state index contributed by atoms with van der Waals surface area (Å²) in [5, 5.41) is 0. The molecule has 7 rings (SSSR count). The van der Waals surface area contributed by atoms with Crippen molar-refractivity contribution in [1.82, 2.24) is 0 Å². The van der Waals surface area contributed by atoms with Gasteiger partial charge in [-0.1, -0.05) is 123 Å². The van der Waals surface area contributed by atoms with Crippen LogP contribution in [0, 0.1) is 0 Å². The molecule has 222 valence electrons. The summed E-state index contributed by atoms with van der Waals surface area (Å²) in [5.41, 5.74) is 10.4. The van der Waals surface area contributed by atoms with Crippen molar-refractivity contribution in [3.05, 3.63) is 193 Å². The van der Waals surface area contributed by atoms with Gasteiger partial charge in [0.1, 0.15) is 11.5 Å². The van der Waals surface area contributed by atoms with E-state index < -0.39 is 0 Å². The fourth-order valence-electron chi connectivity index (χ4n) is 6.07. The number of ether oxygens (including phenoxy) is 1. The maximum Gasteiger partial charge on any atom is 0.219 e. The molecule has 1 aromatic heterocycles. The maximum atomic E-state index is 6.34. The molecule has 0 fully saturated rings. The number of nitrogens with zero attached hydrogens (tertiary/aromatic N) is 1. The van der Waals surface area contributed by atoms with E-state index in [0.29, 0.717) is 0 Å². The zero-order valence-corrected chi connectivity index (χ0v) is 26.2. The minimum Gasteiger partial charge on any atom is -0.457 e. The summed E-state index contributed by atoms with van der Waals surface area (Å²) in [6.07, 6.45) is 0. The average Bonchev–Trinajstić information content (AvgIpc) is 3.13. The molecule has 0 atom stereocenters. The molecule has 0 amide bonds. The molecule has 7 aromatic rings. The topological polar surface area (TPSA) is 13.1 Å². The van der Waals surface area contributed by atoms with E-state index in [0.717, 1.165) is 39.7 Å². The van der Waals surface area contributed by atoms with Gasteiger partial charge in [-0.05, 0) is 70.8 Å². The van der Waals surface area contributed by atoms with E-state index in [1.807, 2.05) is 0 Å². The van der Waals surface area contributed by atoms with E-state index in [2.05, 4.69) is 200 Å². The Kier molecular flexibility index (Phi) is 8.01. The first kappa shape index (κ1) is 29.0. The molecule has 0 aliphatic carbocycles. The largest absolute Gasteiger partial charge is 0.457 e. The average molecular weight is 595 g/mol. The summed E-state index contributed by atoms with van der Waals surface area (Å²) in [6.45, 7) is 4.52. The molecule has 46 heavy (non-hydrogen) atoms. The lowest BCUT2D eigenvalue weighted by Crippen LogP contribution is -2.36. The van der Waals surface area contributed by atoms with Crippen molar-refractivity contribution in [2.75, 3.05) is 0 Å². The van der Waals surface area contributed by atoms with Crippen LogP contribution in [0.5, 0.6) is 11.5 Å². The summed E-state index contributed by atoms with van der Waals surface area (Å²) in [6, 6.07) is 63.9. The summed E-state index contributed by atoms with van der Waals surface area (Å²) in [7, 11) is 0. The van der Waals surface area contributed by atoms with E-state index >= 15 is 0 Å². The van der Waals surface area contributed by atoms with Crippen LogP contribution in [-0.4, -0.2) is 0 Å². The predicted octanol–water partition coefficient (Wildman–Crippen LogP) is 11.1. The zero-order valence-electron chi connectivity index (χ0n) is 26.2. The summed E-state index contributed by atoms with van der Waals surface area (Å²) >= 11 is 0. The van der Waals surface area contributed by atoms with Crippen molar-refractivity contribution in [2.24, 2.45) is 0 Å². The molecule has 0 radical (unpaired) electrons. The molecule has 1 heterocycles. The van der Waals surface area contributed by atoms with Crippen LogP contribution in [0.15, 0.2) is 182 Å². The first-order valence-electron chi connectivity index (χ1n) is 15.8. The minimum atomic E-state index is -0.0956. The second-order valence-corrected chi connectivity index (χ2v) is 12.1. The SMILES string of the molecule is CC(C)(c1ccccc1)c1ccc(Oc2ccc(-[n+]3c(-c4ccccc4)cc(-c4ccccc4)cc3-c3ccccc3)cc2)cc1. The molecule has 6 aromatic carbocycles. The van der Waals surface area contributed by atoms with Crippen LogP contribution >= 0.6 is 0 Å². The minimum absolute atomic E-state index is 0.0956. The molecule has 2 nitrogen and oxygen atoms in total. The van der Waals surface area contributed by atoms with Gasteiger partial charge in [-0.25, -0.2) is 0 Å². The number of aromatic nitrogens is 1. The van der Waals surface area contributed by atoms with Crippen LogP contribution in [-0.2, 0) is 5.41 Å². The van der Waals surface area contributed by atoms with Gasteiger partial charge in [0.05, 0.1) is 0 Å². The molecule has 0 spiro atoms. The number of hydrogen-bond donors (Lipinski definition) is 0. The van der Waals surface area contributed by atoms with Crippen LogP contribution in [0.2, 0.25) is 0 Å². The second-order valence-electron chi connectivity index (χ2n) is 12.1. The van der Waals surface area contributed by atoms with Crippen molar-refractivity contribution in [3.8, 4) is 50.8 Å². The zero-order chi connectivity index (χ0) is 31.3. The van der Waals surface area contributed by atoms with Crippen molar-refractivity contribution >= 4 is 0 Å². The molecular formula is C44H36NO+. The maximum absolute atomic E-state index is 6.34. The van der Waals surface area contributed by atoms with Crippen LogP contribution in [0.3, 0.4) is 0 Å². The number of pyridine rings is 1. The molecule has 2 heteroatoms. The van der Waals surface area contributed by atoms with Crippen LogP contribution in [0.25, 0.3) is 39.3 Å². The predicted molar refractivity (Wildman–Crippen MR) is 189 cm³/mol. The normalized spacial score (nSPS) is 11.3. The van der Waals surface area contributed by atoms with Gasteiger partial charge < -0.3 is 4.74 Å². The molecule has 0 saturated heterocycles. The first-order chi connectivity index (χ1) is 22.6. The molecular weight excluding hydrogens is 558 g/mol. The third kappa shape index (κ3) is 5.98. The van der Waals surface area contributed by atoms with Gasteiger partial charge in [-0.3, -0.25) is 0 Å². The van der Waals surface area contributed by atoms with Crippen molar-refractivity contribution in [2.45, 2.75) is 19.3 Å². The van der Waals surface area contributed by atoms with Crippen LogP contribution < -0.4 is 9.30 Å². The van der Waals surface area contributed by atoms with Crippen molar-refractivity contribution < 1.29 is 9.30 Å². The van der Waals surface area contributed by atoms with Gasteiger partial charge in [0, 0.05) is 40.8 Å². The van der Waals surface area contributed by atoms with Gasteiger partial charge in [-0.15, -0.1) is 0 Å². The van der Waals surface area contributed by atoms with Gasteiger partial charge in [0.15, 0.2) is 0 Å². The fraction of sp³-hybridized carbons (Fsp3) is 0.0682. The van der Waals surface area contributed by atoms with Crippen LogP contribution in [0.4, 0.5) is 0 Å². The molecule has 0 aliphatic rings. The van der Waals surface area contributed by atoms with E-state index in [1.165, 1.54) is 22.3 Å². The summed E-state index contributed by atoms with van der Waals surface area (Å²) in [5.74, 6) is 1.61. The summed E-state index contributed by atoms with van der Waals surface area (Å²) < 4.78 is 8.69. The Morgan fingerprint density at radius 1 is 0.391 bits per heavy atom. The smallest absolute Gasteiger partial charge is 0.219 e. The first-order valence-corrected chi connectivity index (χ1v) is 15.8. The summed E-state index contributed by atoms with van der Waals surface area (Å²) in [4.78, 5) is 0. The third-order valence-corrected chi connectivity index (χ3v) is 8.71. The van der Waals surface area contributed by atoms with E-state index in [9.17, 15) is 0 Å². The van der Waals surface area contributed by atoms with Gasteiger partial charge in [0.2, 0.25) is 17.1 Å². The van der Waals surface area contributed by atoms with E-state index in [-0.39, 0.29) is 5.41 Å². The van der Waals surface area contributed by atoms with Crippen molar-refractivity contribution in [1.29, 1.82) is 0 Å². The lowest BCUT2D eigenvalue weighted by Gasteiger charge is -2.26. The lowest BCUT2D eigenvalue weighted by atomic mass is 9.78. The molecule has 0 bridgehead atoms. The lowest BCUT2D eigenvalue weighted by molar-refractivity contribution is -0.572. The molecule has 0 N–H and O–H groups in total. The van der Waals surface area contributed by atoms with Crippen LogP contribution in [0.1, 0.15) is 25.0 Å². The Hall–Kier alpha value is -5.73. The Bertz CT molecular complexity index is 1970. The third-order valence-electron chi connectivity index (χ3n) is 8.71. The highest BCUT2D eigenvalue weighted by atomic mass is 16.5. The van der Waals surface area contributed by atoms with E-state index in [1.54, 1.807) is 0 Å². The van der Waals surface area contributed by atoms with Gasteiger partial charge >= 0.3 is 0 Å². The highest BCUT2D eigenvalue weighted by molar-refractivity contribution is 5.74. The highest BCUT2D eigenvalue weighted by Gasteiger charge is 2.25. The highest BCUT2D eigenvalue weighted by Crippen LogP contribution is 2.34. The fourth-order valence-corrected chi connectivity index (χ4v) is 6.07. The molecule has 0 unspecified atom stereocenters. The standard InChI is InChI=1S/C44H36NO/c1-44(2,37-21-13-6-14-22-37)38-23-27-40(28-24-38)46-41-29-25-39(26-30-41)45-42(34-17-9-4-10-18-34)31-36(33-15-7-3-8-16-33)32-43(45)35-19-11-5-12-20-35/h3-32H,1-2H3/q+1. The van der Waals surface area contributed by atoms with Gasteiger partial charge in [0.25, 0.3) is 0 Å². The molecule has 0 aliphatic heterocycles.